The number of sulfonamides is 1. The molecule has 1 aromatic carbocycles. The van der Waals surface area contributed by atoms with Gasteiger partial charge in [-0.05, 0) is 68.6 Å². The van der Waals surface area contributed by atoms with E-state index in [4.69, 9.17) is 9.47 Å². The molecule has 14 nitrogen and oxygen atoms in total. The highest BCUT2D eigenvalue weighted by Gasteiger charge is 2.62. The third-order valence-electron chi connectivity index (χ3n) is 10.4. The smallest absolute Gasteiger partial charge is 0.410 e. The minimum absolute atomic E-state index is 0.0861. The normalized spacial score (nSPS) is 29.2. The Balaban J connectivity index is 1.28. The van der Waals surface area contributed by atoms with Crippen LogP contribution in [-0.2, 0) is 47.0 Å². The molecule has 0 radical (unpaired) electrons. The number of hydrogen-bond acceptors (Lipinski definition) is 9. The van der Waals surface area contributed by atoms with Crippen LogP contribution in [-0.4, -0.2) is 89.2 Å². The molecule has 5 amide bonds. The summed E-state index contributed by atoms with van der Waals surface area (Å²) in [5.74, 6) is -3.15. The fraction of sp³-hybridized carbons (Fsp3) is 0.583. The highest BCUT2D eigenvalue weighted by Crippen LogP contribution is 2.45. The summed E-state index contributed by atoms with van der Waals surface area (Å²) >= 11 is 0. The second-order valence-electron chi connectivity index (χ2n) is 15.2. The van der Waals surface area contributed by atoms with E-state index in [9.17, 15) is 32.4 Å². The molecule has 5 aliphatic rings. The van der Waals surface area contributed by atoms with Gasteiger partial charge in [-0.25, -0.2) is 18.0 Å². The maximum absolute atomic E-state index is 14.3. The molecule has 2 aliphatic carbocycles. The minimum atomic E-state index is -3.91. The summed E-state index contributed by atoms with van der Waals surface area (Å²) in [6.45, 7) is 11.3. The largest absolute Gasteiger partial charge is 0.444 e. The van der Waals surface area contributed by atoms with E-state index < -0.39 is 86.3 Å². The number of hydrogen-bond donors (Lipinski definition) is 3. The molecule has 6 rings (SSSR count). The highest BCUT2D eigenvalue weighted by atomic mass is 32.2. The Morgan fingerprint density at radius 1 is 1.14 bits per heavy atom. The lowest BCUT2D eigenvalue weighted by atomic mass is 10.00. The van der Waals surface area contributed by atoms with Crippen molar-refractivity contribution in [2.45, 2.75) is 114 Å². The molecule has 3 aliphatic heterocycles. The number of alkyl carbamates (subject to hydrolysis) is 1. The molecule has 4 bridgehead atoms. The minimum Gasteiger partial charge on any atom is -0.444 e. The number of rotatable bonds is 7. The Morgan fingerprint density at radius 2 is 1.88 bits per heavy atom. The van der Waals surface area contributed by atoms with Gasteiger partial charge in [0.15, 0.2) is 0 Å². The second kappa shape index (κ2) is 13.6. The van der Waals surface area contributed by atoms with Crippen molar-refractivity contribution in [3.8, 4) is 0 Å². The van der Waals surface area contributed by atoms with Crippen LogP contribution in [0.15, 0.2) is 36.9 Å². The van der Waals surface area contributed by atoms with Crippen LogP contribution in [0.1, 0.15) is 82.9 Å². The van der Waals surface area contributed by atoms with Crippen LogP contribution < -0.4 is 15.4 Å². The maximum atomic E-state index is 14.3. The van der Waals surface area contributed by atoms with E-state index in [1.54, 1.807) is 32.6 Å². The molecular formula is C36H47N5O9S. The number of nitrogens with one attached hydrogen (secondary N) is 3. The molecule has 3 heterocycles. The molecule has 2 saturated carbocycles. The van der Waals surface area contributed by atoms with Gasteiger partial charge in [0.25, 0.3) is 5.91 Å². The van der Waals surface area contributed by atoms with Crippen LogP contribution in [0.5, 0.6) is 0 Å². The van der Waals surface area contributed by atoms with E-state index >= 15 is 0 Å². The Hall–Kier alpha value is -4.40. The molecule has 0 unspecified atom stereocenters. The number of carbonyl (C=O) groups excluding carboxylic acids is 5. The third kappa shape index (κ3) is 7.63. The SMILES string of the molecule is C=C[C@@H]1C[C@]1(NC(=O)[C@@H]1C[C@@H]2CN1C(=O)[C@H](C(C)C)NC(=O)OC(C)(C)CCC=Cc1cccc3c1CN(C3)C(=O)O2)C(=O)NS(=O)(=O)C1CC1. The van der Waals surface area contributed by atoms with Crippen molar-refractivity contribution in [2.24, 2.45) is 11.8 Å². The number of nitrogens with zero attached hydrogens (tertiary/aromatic N) is 2. The van der Waals surface area contributed by atoms with Crippen molar-refractivity contribution >= 4 is 46.0 Å². The van der Waals surface area contributed by atoms with E-state index in [1.807, 2.05) is 30.4 Å². The number of amides is 5. The van der Waals surface area contributed by atoms with Crippen LogP contribution in [0.4, 0.5) is 9.59 Å². The number of fused-ring (bicyclic) bond motifs is 3. The zero-order chi connectivity index (χ0) is 36.9. The number of ether oxygens (including phenoxy) is 2. The zero-order valence-corrected chi connectivity index (χ0v) is 30.3. The van der Waals surface area contributed by atoms with Gasteiger partial charge >= 0.3 is 12.2 Å². The first-order valence-corrected chi connectivity index (χ1v) is 19.1. The highest BCUT2D eigenvalue weighted by molar-refractivity contribution is 7.91. The topological polar surface area (TPSA) is 181 Å². The second-order valence-corrected chi connectivity index (χ2v) is 17.2. The van der Waals surface area contributed by atoms with E-state index in [-0.39, 0.29) is 19.4 Å². The van der Waals surface area contributed by atoms with E-state index in [2.05, 4.69) is 21.9 Å². The number of allylic oxidation sites excluding steroid dienone is 1. The summed E-state index contributed by atoms with van der Waals surface area (Å²) in [5, 5.41) is 4.77. The van der Waals surface area contributed by atoms with Crippen molar-refractivity contribution in [1.29, 1.82) is 0 Å². The number of cyclic esters (lactones) is 1. The molecule has 5 atom stereocenters. The van der Waals surface area contributed by atoms with Gasteiger partial charge in [0, 0.05) is 18.9 Å². The molecule has 51 heavy (non-hydrogen) atoms. The predicted octanol–water partition coefficient (Wildman–Crippen LogP) is 3.11. The Bertz CT molecular complexity index is 1770. The van der Waals surface area contributed by atoms with Crippen LogP contribution in [0.2, 0.25) is 0 Å². The molecule has 3 N–H and O–H groups in total. The predicted molar refractivity (Wildman–Crippen MR) is 186 cm³/mol. The molecule has 1 aromatic rings. The summed E-state index contributed by atoms with van der Waals surface area (Å²) < 4.78 is 39.1. The molecule has 276 valence electrons. The van der Waals surface area contributed by atoms with Crippen molar-refractivity contribution in [2.75, 3.05) is 6.54 Å². The quantitative estimate of drug-likeness (QED) is 0.356. The summed E-state index contributed by atoms with van der Waals surface area (Å²) in [7, 11) is -3.91. The van der Waals surface area contributed by atoms with Gasteiger partial charge in [0.05, 0.1) is 18.3 Å². The fourth-order valence-corrected chi connectivity index (χ4v) is 8.50. The van der Waals surface area contributed by atoms with Crippen molar-refractivity contribution < 1.29 is 41.9 Å². The lowest BCUT2D eigenvalue weighted by Crippen LogP contribution is -2.59. The Kier molecular flexibility index (Phi) is 9.72. The Morgan fingerprint density at radius 3 is 2.55 bits per heavy atom. The van der Waals surface area contributed by atoms with Crippen molar-refractivity contribution in [1.82, 2.24) is 25.2 Å². The lowest BCUT2D eigenvalue weighted by molar-refractivity contribution is -0.142. The average Bonchev–Trinajstić information content (AvgIpc) is 3.95. The van der Waals surface area contributed by atoms with E-state index in [0.29, 0.717) is 38.8 Å². The molecule has 0 spiro atoms. The Labute approximate surface area is 298 Å². The summed E-state index contributed by atoms with van der Waals surface area (Å²) in [4.78, 5) is 71.3. The van der Waals surface area contributed by atoms with Gasteiger partial charge in [-0.2, -0.15) is 0 Å². The summed E-state index contributed by atoms with van der Waals surface area (Å²) in [5.41, 5.74) is 0.498. The summed E-state index contributed by atoms with van der Waals surface area (Å²) in [6.07, 6.45) is 5.23. The summed E-state index contributed by atoms with van der Waals surface area (Å²) in [6, 6.07) is 3.55. The first kappa shape index (κ1) is 36.4. The molecule has 3 fully saturated rings. The number of benzene rings is 1. The van der Waals surface area contributed by atoms with Crippen LogP contribution in [0.25, 0.3) is 6.08 Å². The fourth-order valence-electron chi connectivity index (χ4n) is 7.14. The van der Waals surface area contributed by atoms with Crippen molar-refractivity contribution in [3.05, 3.63) is 53.6 Å². The number of carbonyl (C=O) groups is 5. The molecular weight excluding hydrogens is 678 g/mol. The zero-order valence-electron chi connectivity index (χ0n) is 29.5. The lowest BCUT2D eigenvalue weighted by Gasteiger charge is -2.32. The van der Waals surface area contributed by atoms with Crippen LogP contribution >= 0.6 is 0 Å². The third-order valence-corrected chi connectivity index (χ3v) is 12.2. The standard InChI is InChI=1S/C36H47N5O9S/c1-6-24-17-36(24,32(44)39-51(47,48)26-13-14-26)38-30(42)28-16-25-19-41(28)31(43)29(21(2)3)37-33(45)50-35(4,5)15-8-7-10-22-11-9-12-23-18-40(20-27(22)23)34(46)49-25/h6-7,9-12,21,24-26,28-29H,1,8,13-20H2,2-5H3,(H,37,45)(H,38,42)(H,39,44)/t24-,25-,28+,29+,36-/m1/s1. The first-order chi connectivity index (χ1) is 24.0. The monoisotopic (exact) mass is 725 g/mol. The van der Waals surface area contributed by atoms with Gasteiger partial charge in [0.2, 0.25) is 21.8 Å². The molecule has 1 saturated heterocycles. The van der Waals surface area contributed by atoms with Crippen LogP contribution in [0, 0.1) is 11.8 Å². The molecule has 15 heteroatoms. The van der Waals surface area contributed by atoms with E-state index in [0.717, 1.165) is 16.7 Å². The van der Waals surface area contributed by atoms with Gasteiger partial charge in [-0.3, -0.25) is 24.0 Å². The van der Waals surface area contributed by atoms with E-state index in [1.165, 1.54) is 11.0 Å². The average molecular weight is 726 g/mol. The van der Waals surface area contributed by atoms with Crippen molar-refractivity contribution in [3.63, 3.8) is 0 Å². The first-order valence-electron chi connectivity index (χ1n) is 17.6. The molecule has 0 aromatic heterocycles. The van der Waals surface area contributed by atoms with Gasteiger partial charge in [0.1, 0.15) is 29.3 Å². The van der Waals surface area contributed by atoms with Crippen LogP contribution in [0.3, 0.4) is 0 Å². The van der Waals surface area contributed by atoms with Gasteiger partial charge in [-0.1, -0.05) is 50.3 Å². The van der Waals surface area contributed by atoms with Gasteiger partial charge < -0.3 is 25.0 Å². The van der Waals surface area contributed by atoms with Gasteiger partial charge in [-0.15, -0.1) is 6.58 Å². The maximum Gasteiger partial charge on any atom is 0.410 e.